The molecule has 0 saturated carbocycles. The largest absolute Gasteiger partial charge is 0.486 e. The molecular weight excluding hydrogens is 452 g/mol. The van der Waals surface area contributed by atoms with E-state index in [4.69, 9.17) is 23.7 Å². The van der Waals surface area contributed by atoms with Crippen LogP contribution < -0.4 is 29.0 Å². The van der Waals surface area contributed by atoms with E-state index in [2.05, 4.69) is 5.32 Å². The zero-order chi connectivity index (χ0) is 23.8. The number of nitrogens with one attached hydrogen (secondary N) is 1. The van der Waals surface area contributed by atoms with Gasteiger partial charge < -0.3 is 33.9 Å². The van der Waals surface area contributed by atoms with Gasteiger partial charge in [-0.15, -0.1) is 0 Å². The number of hydrogen-bond acceptors (Lipinski definition) is 7. The third-order valence-electron chi connectivity index (χ3n) is 6.04. The van der Waals surface area contributed by atoms with Gasteiger partial charge in [0.05, 0.1) is 0 Å². The summed E-state index contributed by atoms with van der Waals surface area (Å²) in [6.07, 6.45) is 0. The van der Waals surface area contributed by atoms with Crippen molar-refractivity contribution in [2.75, 3.05) is 31.9 Å². The molecule has 2 amide bonds. The summed E-state index contributed by atoms with van der Waals surface area (Å²) in [5.41, 5.74) is 1.95. The number of ether oxygens (including phenoxy) is 5. The smallest absolute Gasteiger partial charge is 0.261 e. The second-order valence-corrected chi connectivity index (χ2v) is 8.29. The molecule has 6 rings (SSSR count). The van der Waals surface area contributed by atoms with Gasteiger partial charge in [0.15, 0.2) is 29.6 Å². The lowest BCUT2D eigenvalue weighted by Gasteiger charge is -2.29. The highest BCUT2D eigenvalue weighted by Gasteiger charge is 2.36. The van der Waals surface area contributed by atoms with Crippen molar-refractivity contribution < 1.29 is 33.3 Å². The molecule has 35 heavy (non-hydrogen) atoms. The lowest BCUT2D eigenvalue weighted by molar-refractivity contribution is -0.140. The molecule has 0 aliphatic carbocycles. The van der Waals surface area contributed by atoms with E-state index in [0.717, 1.165) is 5.56 Å². The van der Waals surface area contributed by atoms with E-state index < -0.39 is 6.04 Å². The van der Waals surface area contributed by atoms with E-state index in [1.165, 1.54) is 4.90 Å². The van der Waals surface area contributed by atoms with E-state index in [9.17, 15) is 9.59 Å². The highest BCUT2D eigenvalue weighted by atomic mass is 16.7. The van der Waals surface area contributed by atoms with Crippen molar-refractivity contribution in [3.8, 4) is 28.7 Å². The summed E-state index contributed by atoms with van der Waals surface area (Å²) >= 11 is 0. The lowest BCUT2D eigenvalue weighted by atomic mass is 10.0. The molecular formula is C26H22N2O7. The van der Waals surface area contributed by atoms with Gasteiger partial charge in [-0.05, 0) is 35.9 Å². The summed E-state index contributed by atoms with van der Waals surface area (Å²) in [6, 6.07) is 17.0. The fourth-order valence-corrected chi connectivity index (χ4v) is 4.40. The summed E-state index contributed by atoms with van der Waals surface area (Å²) in [5, 5.41) is 2.94. The number of nitrogens with zero attached hydrogens (tertiary/aromatic N) is 1. The van der Waals surface area contributed by atoms with Crippen molar-refractivity contribution in [2.45, 2.75) is 12.6 Å². The fourth-order valence-electron chi connectivity index (χ4n) is 4.40. The van der Waals surface area contributed by atoms with Crippen LogP contribution >= 0.6 is 0 Å². The van der Waals surface area contributed by atoms with Gasteiger partial charge in [-0.25, -0.2) is 0 Å². The molecule has 1 N–H and O–H groups in total. The Labute approximate surface area is 201 Å². The van der Waals surface area contributed by atoms with Gasteiger partial charge in [0.2, 0.25) is 6.79 Å². The van der Waals surface area contributed by atoms with Gasteiger partial charge >= 0.3 is 0 Å². The number of benzene rings is 3. The molecule has 0 fully saturated rings. The predicted molar refractivity (Wildman–Crippen MR) is 124 cm³/mol. The number of para-hydroxylation sites is 1. The zero-order valence-electron chi connectivity index (χ0n) is 18.7. The Kier molecular flexibility index (Phi) is 5.29. The van der Waals surface area contributed by atoms with Crippen LogP contribution in [0.4, 0.5) is 5.69 Å². The quantitative estimate of drug-likeness (QED) is 0.620. The number of amides is 2. The number of fused-ring (bicyclic) bond motifs is 3. The van der Waals surface area contributed by atoms with Crippen LogP contribution in [0.2, 0.25) is 0 Å². The SMILES string of the molecule is O=C(Nc1ccc2c(c1)OCCO2)C1c2ccccc2OCC(=O)N1Cc1ccc2c(c1)OCO2. The second-order valence-electron chi connectivity index (χ2n) is 8.29. The number of rotatable bonds is 4. The maximum Gasteiger partial charge on any atom is 0.261 e. The summed E-state index contributed by atoms with van der Waals surface area (Å²) in [4.78, 5) is 28.4. The van der Waals surface area contributed by atoms with Gasteiger partial charge in [-0.1, -0.05) is 24.3 Å². The third kappa shape index (κ3) is 4.05. The van der Waals surface area contributed by atoms with Crippen LogP contribution in [-0.2, 0) is 16.1 Å². The van der Waals surface area contributed by atoms with Crippen LogP contribution in [-0.4, -0.2) is 43.3 Å². The first-order valence-electron chi connectivity index (χ1n) is 11.3. The number of hydrogen-bond donors (Lipinski definition) is 1. The normalized spacial score (nSPS) is 17.8. The molecule has 0 spiro atoms. The van der Waals surface area contributed by atoms with Crippen molar-refractivity contribution in [2.24, 2.45) is 0 Å². The highest BCUT2D eigenvalue weighted by molar-refractivity contribution is 5.99. The monoisotopic (exact) mass is 474 g/mol. The molecule has 3 aromatic rings. The van der Waals surface area contributed by atoms with Gasteiger partial charge in [0.25, 0.3) is 11.8 Å². The average molecular weight is 474 g/mol. The van der Waals surface area contributed by atoms with Gasteiger partial charge in [-0.2, -0.15) is 0 Å². The van der Waals surface area contributed by atoms with Crippen LogP contribution in [0.15, 0.2) is 60.7 Å². The van der Waals surface area contributed by atoms with Crippen LogP contribution in [0.1, 0.15) is 17.2 Å². The molecule has 1 atom stereocenters. The molecule has 0 bridgehead atoms. The van der Waals surface area contributed by atoms with Crippen LogP contribution in [0.25, 0.3) is 0 Å². The molecule has 9 nitrogen and oxygen atoms in total. The van der Waals surface area contributed by atoms with Crippen molar-refractivity contribution in [3.63, 3.8) is 0 Å². The van der Waals surface area contributed by atoms with Crippen molar-refractivity contribution >= 4 is 17.5 Å². The van der Waals surface area contributed by atoms with Gasteiger partial charge in [0.1, 0.15) is 25.0 Å². The van der Waals surface area contributed by atoms with Crippen LogP contribution in [0.3, 0.4) is 0 Å². The van der Waals surface area contributed by atoms with Crippen molar-refractivity contribution in [1.29, 1.82) is 0 Å². The van der Waals surface area contributed by atoms with E-state index in [0.29, 0.717) is 53.2 Å². The lowest BCUT2D eigenvalue weighted by Crippen LogP contribution is -2.41. The maximum absolute atomic E-state index is 13.7. The molecule has 1 unspecified atom stereocenters. The Balaban J connectivity index is 1.34. The Morgan fingerprint density at radius 3 is 2.49 bits per heavy atom. The molecule has 0 radical (unpaired) electrons. The van der Waals surface area contributed by atoms with E-state index in [1.54, 1.807) is 36.4 Å². The second kappa shape index (κ2) is 8.75. The standard InChI is InChI=1S/C26H22N2O7/c29-24-14-33-19-4-2-1-3-18(19)25(28(24)13-16-5-7-21-22(11-16)35-15-34-21)26(30)27-17-6-8-20-23(12-17)32-10-9-31-20/h1-8,11-12,25H,9-10,13-15H2,(H,27,30). The Bertz CT molecular complexity index is 1310. The molecule has 0 saturated heterocycles. The fraction of sp³-hybridized carbons (Fsp3) is 0.231. The third-order valence-corrected chi connectivity index (χ3v) is 6.04. The Hall–Kier alpha value is -4.40. The van der Waals surface area contributed by atoms with E-state index in [1.807, 2.05) is 24.3 Å². The molecule has 3 aliphatic rings. The van der Waals surface area contributed by atoms with Crippen molar-refractivity contribution in [3.05, 3.63) is 71.8 Å². The molecule has 0 aromatic heterocycles. The molecule has 178 valence electrons. The molecule has 3 aromatic carbocycles. The van der Waals surface area contributed by atoms with Gasteiger partial charge in [-0.3, -0.25) is 9.59 Å². The number of anilines is 1. The first-order valence-corrected chi connectivity index (χ1v) is 11.3. The summed E-state index contributed by atoms with van der Waals surface area (Å²) in [6.45, 7) is 1.09. The molecule has 3 heterocycles. The van der Waals surface area contributed by atoms with E-state index in [-0.39, 0.29) is 31.8 Å². The highest BCUT2D eigenvalue weighted by Crippen LogP contribution is 2.38. The maximum atomic E-state index is 13.7. The zero-order valence-corrected chi connectivity index (χ0v) is 18.7. The van der Waals surface area contributed by atoms with E-state index >= 15 is 0 Å². The predicted octanol–water partition coefficient (Wildman–Crippen LogP) is 3.29. The Morgan fingerprint density at radius 2 is 1.57 bits per heavy atom. The average Bonchev–Trinajstić information content (AvgIpc) is 3.30. The topological polar surface area (TPSA) is 95.6 Å². The molecule has 3 aliphatic heterocycles. The summed E-state index contributed by atoms with van der Waals surface area (Å²) < 4.78 is 27.8. The molecule has 9 heteroatoms. The summed E-state index contributed by atoms with van der Waals surface area (Å²) in [7, 11) is 0. The first kappa shape index (κ1) is 21.2. The Morgan fingerprint density at radius 1 is 0.829 bits per heavy atom. The minimum Gasteiger partial charge on any atom is -0.486 e. The number of carbonyl (C=O) groups is 2. The van der Waals surface area contributed by atoms with Gasteiger partial charge in [0, 0.05) is 23.9 Å². The van der Waals surface area contributed by atoms with Crippen LogP contribution in [0, 0.1) is 0 Å². The summed E-state index contributed by atoms with van der Waals surface area (Å²) in [5.74, 6) is 2.27. The first-order chi connectivity index (χ1) is 17.2. The van der Waals surface area contributed by atoms with Crippen molar-refractivity contribution in [1.82, 2.24) is 4.90 Å². The minimum atomic E-state index is -0.917. The number of carbonyl (C=O) groups excluding carboxylic acids is 2. The minimum absolute atomic E-state index is 0.156. The van der Waals surface area contributed by atoms with Crippen LogP contribution in [0.5, 0.6) is 28.7 Å².